The minimum absolute atomic E-state index is 0.0874. The predicted molar refractivity (Wildman–Crippen MR) is 62.2 cm³/mol. The summed E-state index contributed by atoms with van der Waals surface area (Å²) in [6.45, 7) is 0.762. The molecule has 1 aromatic rings. The molecule has 0 aliphatic carbocycles. The van der Waals surface area contributed by atoms with Crippen molar-refractivity contribution in [2.45, 2.75) is 6.42 Å². The molecule has 94 valence electrons. The van der Waals surface area contributed by atoms with Crippen molar-refractivity contribution < 1.29 is 19.5 Å². The van der Waals surface area contributed by atoms with Gasteiger partial charge in [0.15, 0.2) is 0 Å². The van der Waals surface area contributed by atoms with Crippen LogP contribution in [0.3, 0.4) is 0 Å². The molecule has 6 nitrogen and oxygen atoms in total. The Hall–Kier alpha value is -2.37. The smallest absolute Gasteiger partial charge is 0.335 e. The lowest BCUT2D eigenvalue weighted by Crippen LogP contribution is -2.35. The Labute approximate surface area is 103 Å². The zero-order chi connectivity index (χ0) is 13.1. The molecular formula is C12H12N2O4. The number of hydrogen-bond acceptors (Lipinski definition) is 3. The van der Waals surface area contributed by atoms with Crippen LogP contribution in [0.5, 0.6) is 0 Å². The Balaban J connectivity index is 2.16. The first-order valence-electron chi connectivity index (χ1n) is 5.49. The Morgan fingerprint density at radius 2 is 2.06 bits per heavy atom. The number of rotatable bonds is 3. The number of carbonyl (C=O) groups excluding carboxylic acids is 2. The van der Waals surface area contributed by atoms with E-state index >= 15 is 0 Å². The molecule has 2 N–H and O–H groups in total. The third-order valence-electron chi connectivity index (χ3n) is 2.75. The third kappa shape index (κ3) is 2.32. The van der Waals surface area contributed by atoms with Gasteiger partial charge in [-0.25, -0.2) is 9.59 Å². The first-order chi connectivity index (χ1) is 8.59. The quantitative estimate of drug-likeness (QED) is 0.814. The van der Waals surface area contributed by atoms with E-state index in [2.05, 4.69) is 5.32 Å². The summed E-state index contributed by atoms with van der Waals surface area (Å²) in [7, 11) is 0. The SMILES string of the molecule is O=C(O)c1ccccc1CC(=O)N1CCNC1=O. The number of imide groups is 1. The summed E-state index contributed by atoms with van der Waals surface area (Å²) in [6, 6.07) is 5.86. The number of hydrogen-bond donors (Lipinski definition) is 2. The number of benzene rings is 1. The first-order valence-corrected chi connectivity index (χ1v) is 5.49. The summed E-state index contributed by atoms with van der Waals surface area (Å²) in [5.41, 5.74) is 0.500. The van der Waals surface area contributed by atoms with E-state index in [0.717, 1.165) is 4.90 Å². The molecule has 0 bridgehead atoms. The van der Waals surface area contributed by atoms with Crippen LogP contribution in [-0.4, -0.2) is 41.0 Å². The lowest BCUT2D eigenvalue weighted by molar-refractivity contribution is -0.126. The fourth-order valence-electron chi connectivity index (χ4n) is 1.85. The van der Waals surface area contributed by atoms with E-state index in [9.17, 15) is 14.4 Å². The fraction of sp³-hybridized carbons (Fsp3) is 0.250. The Morgan fingerprint density at radius 1 is 1.33 bits per heavy atom. The van der Waals surface area contributed by atoms with E-state index in [4.69, 9.17) is 5.11 Å². The summed E-state index contributed by atoms with van der Waals surface area (Å²) < 4.78 is 0. The van der Waals surface area contributed by atoms with Crippen LogP contribution >= 0.6 is 0 Å². The van der Waals surface area contributed by atoms with Gasteiger partial charge in [-0.05, 0) is 11.6 Å². The summed E-state index contributed by atoms with van der Waals surface area (Å²) in [4.78, 5) is 35.3. The van der Waals surface area contributed by atoms with Crippen molar-refractivity contribution in [2.75, 3.05) is 13.1 Å². The van der Waals surface area contributed by atoms with Gasteiger partial charge in [0.05, 0.1) is 12.0 Å². The van der Waals surface area contributed by atoms with Gasteiger partial charge in [-0.2, -0.15) is 0 Å². The third-order valence-corrected chi connectivity index (χ3v) is 2.75. The first kappa shape index (κ1) is 12.1. The molecule has 1 aliphatic heterocycles. The van der Waals surface area contributed by atoms with Crippen LogP contribution in [0.25, 0.3) is 0 Å². The summed E-state index contributed by atoms with van der Waals surface area (Å²) in [5, 5.41) is 11.5. The molecule has 1 saturated heterocycles. The highest BCUT2D eigenvalue weighted by molar-refractivity contribution is 5.98. The number of aromatic carboxylic acids is 1. The van der Waals surface area contributed by atoms with Crippen LogP contribution in [0.1, 0.15) is 15.9 Å². The number of urea groups is 1. The van der Waals surface area contributed by atoms with Crippen LogP contribution in [0.2, 0.25) is 0 Å². The van der Waals surface area contributed by atoms with E-state index in [1.54, 1.807) is 18.2 Å². The average molecular weight is 248 g/mol. The van der Waals surface area contributed by atoms with E-state index < -0.39 is 17.9 Å². The summed E-state index contributed by atoms with van der Waals surface area (Å²) >= 11 is 0. The molecule has 3 amide bonds. The van der Waals surface area contributed by atoms with Crippen molar-refractivity contribution >= 4 is 17.9 Å². The maximum Gasteiger partial charge on any atom is 0.335 e. The lowest BCUT2D eigenvalue weighted by Gasteiger charge is -2.12. The highest BCUT2D eigenvalue weighted by Gasteiger charge is 2.26. The van der Waals surface area contributed by atoms with Crippen molar-refractivity contribution in [3.05, 3.63) is 35.4 Å². The highest BCUT2D eigenvalue weighted by Crippen LogP contribution is 2.11. The zero-order valence-electron chi connectivity index (χ0n) is 9.55. The number of carboxylic acids is 1. The number of nitrogens with zero attached hydrogens (tertiary/aromatic N) is 1. The number of nitrogens with one attached hydrogen (secondary N) is 1. The van der Waals surface area contributed by atoms with Crippen molar-refractivity contribution in [1.29, 1.82) is 0 Å². The Kier molecular flexibility index (Phi) is 3.27. The number of carbonyl (C=O) groups is 3. The van der Waals surface area contributed by atoms with Gasteiger partial charge >= 0.3 is 12.0 Å². The summed E-state index contributed by atoms with van der Waals surface area (Å²) in [5.74, 6) is -1.47. The highest BCUT2D eigenvalue weighted by atomic mass is 16.4. The fourth-order valence-corrected chi connectivity index (χ4v) is 1.85. The largest absolute Gasteiger partial charge is 0.478 e. The molecule has 18 heavy (non-hydrogen) atoms. The van der Waals surface area contributed by atoms with Gasteiger partial charge < -0.3 is 10.4 Å². The Morgan fingerprint density at radius 3 is 2.67 bits per heavy atom. The van der Waals surface area contributed by atoms with Crippen LogP contribution in [0, 0.1) is 0 Å². The molecule has 0 radical (unpaired) electrons. The van der Waals surface area contributed by atoms with Gasteiger partial charge in [0, 0.05) is 13.1 Å². The van der Waals surface area contributed by atoms with Gasteiger partial charge in [-0.1, -0.05) is 18.2 Å². The van der Waals surface area contributed by atoms with E-state index in [1.807, 2.05) is 0 Å². The second-order valence-corrected chi connectivity index (χ2v) is 3.92. The molecule has 0 aromatic heterocycles. The van der Waals surface area contributed by atoms with Gasteiger partial charge in [-0.3, -0.25) is 9.69 Å². The van der Waals surface area contributed by atoms with Crippen LogP contribution in [-0.2, 0) is 11.2 Å². The monoisotopic (exact) mass is 248 g/mol. The minimum Gasteiger partial charge on any atom is -0.478 e. The molecule has 1 aromatic carbocycles. The van der Waals surface area contributed by atoms with Gasteiger partial charge in [0.1, 0.15) is 0 Å². The van der Waals surface area contributed by atoms with Crippen molar-refractivity contribution in [3.63, 3.8) is 0 Å². The molecule has 2 rings (SSSR count). The minimum atomic E-state index is -1.08. The molecule has 0 unspecified atom stereocenters. The van der Waals surface area contributed by atoms with Crippen molar-refractivity contribution in [2.24, 2.45) is 0 Å². The van der Waals surface area contributed by atoms with Crippen LogP contribution in [0.4, 0.5) is 4.79 Å². The maximum absolute atomic E-state index is 11.9. The van der Waals surface area contributed by atoms with Crippen molar-refractivity contribution in [3.8, 4) is 0 Å². The normalized spacial score (nSPS) is 14.4. The van der Waals surface area contributed by atoms with E-state index in [0.29, 0.717) is 18.7 Å². The zero-order valence-corrected chi connectivity index (χ0v) is 9.55. The molecular weight excluding hydrogens is 236 g/mol. The molecule has 6 heteroatoms. The van der Waals surface area contributed by atoms with Gasteiger partial charge in [-0.15, -0.1) is 0 Å². The number of carboxylic acid groups (broad SMARTS) is 1. The second kappa shape index (κ2) is 4.87. The molecule has 0 atom stereocenters. The predicted octanol–water partition coefficient (Wildman–Crippen LogP) is 0.479. The summed E-state index contributed by atoms with van der Waals surface area (Å²) in [6.07, 6.45) is -0.0874. The van der Waals surface area contributed by atoms with Crippen LogP contribution < -0.4 is 5.32 Å². The van der Waals surface area contributed by atoms with Crippen LogP contribution in [0.15, 0.2) is 24.3 Å². The maximum atomic E-state index is 11.9. The second-order valence-electron chi connectivity index (χ2n) is 3.92. The molecule has 0 saturated carbocycles. The van der Waals surface area contributed by atoms with Gasteiger partial charge in [0.2, 0.25) is 5.91 Å². The van der Waals surface area contributed by atoms with Gasteiger partial charge in [0.25, 0.3) is 0 Å². The standard InChI is InChI=1S/C12H12N2O4/c15-10(14-6-5-13-12(14)18)7-8-3-1-2-4-9(8)11(16)17/h1-4H,5-7H2,(H,13,18)(H,16,17). The molecule has 1 heterocycles. The van der Waals surface area contributed by atoms with Crippen molar-refractivity contribution in [1.82, 2.24) is 10.2 Å². The molecule has 0 spiro atoms. The topological polar surface area (TPSA) is 86.7 Å². The lowest BCUT2D eigenvalue weighted by atomic mass is 10.0. The Bertz CT molecular complexity index is 513. The number of amides is 3. The molecule has 1 aliphatic rings. The van der Waals surface area contributed by atoms with E-state index in [1.165, 1.54) is 6.07 Å². The molecule has 1 fully saturated rings. The van der Waals surface area contributed by atoms with E-state index in [-0.39, 0.29) is 12.0 Å². The average Bonchev–Trinajstić information content (AvgIpc) is 2.76.